The number of aryl methyl sites for hydroxylation is 1. The highest BCUT2D eigenvalue weighted by atomic mass is 16.5. The molecule has 0 unspecified atom stereocenters. The number of hydrogen-bond donors (Lipinski definition) is 1. The molecular weight excluding hydrogens is 270 g/mol. The predicted octanol–water partition coefficient (Wildman–Crippen LogP) is 4.51. The van der Waals surface area contributed by atoms with Crippen molar-refractivity contribution >= 4 is 0 Å². The Hall–Kier alpha value is -1.80. The van der Waals surface area contributed by atoms with Gasteiger partial charge in [-0.1, -0.05) is 55.8 Å². The molecular formula is C20H27NO. The van der Waals surface area contributed by atoms with Gasteiger partial charge >= 0.3 is 0 Å². The minimum Gasteiger partial charge on any atom is -0.493 e. The molecule has 2 heteroatoms. The van der Waals surface area contributed by atoms with E-state index in [-0.39, 0.29) is 0 Å². The third-order valence-electron chi connectivity index (χ3n) is 3.88. The summed E-state index contributed by atoms with van der Waals surface area (Å²) in [6.45, 7) is 6.99. The fourth-order valence-corrected chi connectivity index (χ4v) is 2.45. The van der Waals surface area contributed by atoms with E-state index in [1.54, 1.807) is 0 Å². The van der Waals surface area contributed by atoms with Crippen LogP contribution in [0.5, 0.6) is 5.75 Å². The molecule has 0 aliphatic carbocycles. The van der Waals surface area contributed by atoms with Gasteiger partial charge in [-0.05, 0) is 43.5 Å². The highest BCUT2D eigenvalue weighted by Crippen LogP contribution is 2.18. The van der Waals surface area contributed by atoms with Gasteiger partial charge in [-0.15, -0.1) is 0 Å². The zero-order valence-corrected chi connectivity index (χ0v) is 13.8. The van der Waals surface area contributed by atoms with Crippen molar-refractivity contribution in [3.63, 3.8) is 0 Å². The van der Waals surface area contributed by atoms with Gasteiger partial charge in [0, 0.05) is 12.1 Å². The Morgan fingerprint density at radius 2 is 1.68 bits per heavy atom. The molecule has 0 atom stereocenters. The molecule has 0 bridgehead atoms. The first-order chi connectivity index (χ1) is 10.8. The quantitative estimate of drug-likeness (QED) is 0.688. The van der Waals surface area contributed by atoms with Crippen LogP contribution in [0.15, 0.2) is 48.5 Å². The fraction of sp³-hybridized carbons (Fsp3) is 0.400. The van der Waals surface area contributed by atoms with Crippen LogP contribution < -0.4 is 10.1 Å². The number of benzene rings is 2. The molecule has 0 aliphatic rings. The Balaban J connectivity index is 1.80. The Kier molecular flexibility index (Phi) is 6.98. The molecule has 22 heavy (non-hydrogen) atoms. The van der Waals surface area contributed by atoms with Gasteiger partial charge in [-0.2, -0.15) is 0 Å². The molecule has 0 fully saturated rings. The molecule has 1 N–H and O–H groups in total. The smallest absolute Gasteiger partial charge is 0.123 e. The summed E-state index contributed by atoms with van der Waals surface area (Å²) in [6, 6.07) is 16.9. The maximum absolute atomic E-state index is 5.87. The minimum absolute atomic E-state index is 0.802. The molecule has 0 aliphatic heterocycles. The van der Waals surface area contributed by atoms with E-state index in [1.807, 2.05) is 6.07 Å². The summed E-state index contributed by atoms with van der Waals surface area (Å²) < 4.78 is 5.87. The van der Waals surface area contributed by atoms with Gasteiger partial charge in [0.25, 0.3) is 0 Å². The standard InChI is InChI=1S/C20H27NO/c1-3-4-15-22-20-12-8-7-11-19(20)16-21-14-13-18-10-6-5-9-17(18)2/h5-12,21H,3-4,13-16H2,1-2H3. The number of hydrogen-bond acceptors (Lipinski definition) is 2. The molecule has 0 aromatic heterocycles. The zero-order valence-electron chi connectivity index (χ0n) is 13.8. The van der Waals surface area contributed by atoms with Crippen LogP contribution in [0, 0.1) is 6.92 Å². The number of rotatable bonds is 9. The maximum Gasteiger partial charge on any atom is 0.123 e. The summed E-state index contributed by atoms with van der Waals surface area (Å²) in [5.74, 6) is 1.01. The molecule has 0 saturated heterocycles. The van der Waals surface area contributed by atoms with Gasteiger partial charge in [0.05, 0.1) is 6.61 Å². The Bertz CT molecular complexity index is 565. The van der Waals surface area contributed by atoms with E-state index in [1.165, 1.54) is 16.7 Å². The molecule has 0 heterocycles. The molecule has 0 saturated carbocycles. The first-order valence-electron chi connectivity index (χ1n) is 8.27. The largest absolute Gasteiger partial charge is 0.493 e. The fourth-order valence-electron chi connectivity index (χ4n) is 2.45. The van der Waals surface area contributed by atoms with Crippen LogP contribution in [0.4, 0.5) is 0 Å². The van der Waals surface area contributed by atoms with Crippen molar-refractivity contribution in [2.24, 2.45) is 0 Å². The molecule has 2 nitrogen and oxygen atoms in total. The Morgan fingerprint density at radius 3 is 2.45 bits per heavy atom. The van der Waals surface area contributed by atoms with E-state index in [2.05, 4.69) is 61.6 Å². The summed E-state index contributed by atoms with van der Waals surface area (Å²) in [5.41, 5.74) is 4.03. The van der Waals surface area contributed by atoms with Crippen LogP contribution in [-0.4, -0.2) is 13.2 Å². The van der Waals surface area contributed by atoms with Crippen LogP contribution in [0.25, 0.3) is 0 Å². The molecule has 2 rings (SSSR count). The van der Waals surface area contributed by atoms with Gasteiger partial charge in [0.1, 0.15) is 5.75 Å². The van der Waals surface area contributed by atoms with E-state index < -0.39 is 0 Å². The molecule has 0 spiro atoms. The third kappa shape index (κ3) is 5.19. The number of unbranched alkanes of at least 4 members (excludes halogenated alkanes) is 1. The van der Waals surface area contributed by atoms with Crippen molar-refractivity contribution in [2.75, 3.05) is 13.2 Å². The maximum atomic E-state index is 5.87. The van der Waals surface area contributed by atoms with E-state index >= 15 is 0 Å². The average molecular weight is 297 g/mol. The number of nitrogens with one attached hydrogen (secondary N) is 1. The normalized spacial score (nSPS) is 10.6. The van der Waals surface area contributed by atoms with Crippen molar-refractivity contribution in [1.29, 1.82) is 0 Å². The van der Waals surface area contributed by atoms with Crippen molar-refractivity contribution in [3.8, 4) is 5.75 Å². The summed E-state index contributed by atoms with van der Waals surface area (Å²) in [7, 11) is 0. The molecule has 0 radical (unpaired) electrons. The summed E-state index contributed by atoms with van der Waals surface area (Å²) in [6.07, 6.45) is 3.33. The molecule has 0 amide bonds. The van der Waals surface area contributed by atoms with Crippen molar-refractivity contribution in [2.45, 2.75) is 39.7 Å². The second-order valence-electron chi connectivity index (χ2n) is 5.66. The second kappa shape index (κ2) is 9.26. The van der Waals surface area contributed by atoms with Crippen molar-refractivity contribution in [1.82, 2.24) is 5.32 Å². The minimum atomic E-state index is 0.802. The lowest BCUT2D eigenvalue weighted by Gasteiger charge is -2.12. The van der Waals surface area contributed by atoms with Crippen LogP contribution in [-0.2, 0) is 13.0 Å². The predicted molar refractivity (Wildman–Crippen MR) is 93.4 cm³/mol. The van der Waals surface area contributed by atoms with Crippen LogP contribution in [0.2, 0.25) is 0 Å². The SMILES string of the molecule is CCCCOc1ccccc1CNCCc1ccccc1C. The topological polar surface area (TPSA) is 21.3 Å². The first kappa shape index (κ1) is 16.6. The van der Waals surface area contributed by atoms with Gasteiger partial charge in [0.15, 0.2) is 0 Å². The van der Waals surface area contributed by atoms with Crippen molar-refractivity contribution in [3.05, 3.63) is 65.2 Å². The Labute approximate surface area is 134 Å². The van der Waals surface area contributed by atoms with Gasteiger partial charge < -0.3 is 10.1 Å². The van der Waals surface area contributed by atoms with E-state index in [4.69, 9.17) is 4.74 Å². The number of para-hydroxylation sites is 1. The van der Waals surface area contributed by atoms with E-state index in [9.17, 15) is 0 Å². The van der Waals surface area contributed by atoms with Crippen LogP contribution in [0.1, 0.15) is 36.5 Å². The van der Waals surface area contributed by atoms with Crippen molar-refractivity contribution < 1.29 is 4.74 Å². The van der Waals surface area contributed by atoms with Gasteiger partial charge in [-0.25, -0.2) is 0 Å². The van der Waals surface area contributed by atoms with E-state index in [0.717, 1.165) is 44.7 Å². The molecule has 2 aromatic rings. The highest BCUT2D eigenvalue weighted by Gasteiger charge is 2.03. The monoisotopic (exact) mass is 297 g/mol. The van der Waals surface area contributed by atoms with Gasteiger partial charge in [-0.3, -0.25) is 0 Å². The lowest BCUT2D eigenvalue weighted by molar-refractivity contribution is 0.305. The number of ether oxygens (including phenoxy) is 1. The molecule has 2 aromatic carbocycles. The highest BCUT2D eigenvalue weighted by molar-refractivity contribution is 5.33. The first-order valence-corrected chi connectivity index (χ1v) is 8.27. The van der Waals surface area contributed by atoms with E-state index in [0.29, 0.717) is 0 Å². The average Bonchev–Trinajstić information content (AvgIpc) is 2.54. The van der Waals surface area contributed by atoms with Crippen LogP contribution >= 0.6 is 0 Å². The summed E-state index contributed by atoms with van der Waals surface area (Å²) in [4.78, 5) is 0. The second-order valence-corrected chi connectivity index (χ2v) is 5.66. The molecule has 118 valence electrons. The Morgan fingerprint density at radius 1 is 0.955 bits per heavy atom. The van der Waals surface area contributed by atoms with Gasteiger partial charge in [0.2, 0.25) is 0 Å². The zero-order chi connectivity index (χ0) is 15.6. The lowest BCUT2D eigenvalue weighted by atomic mass is 10.1. The van der Waals surface area contributed by atoms with Crippen LogP contribution in [0.3, 0.4) is 0 Å². The third-order valence-corrected chi connectivity index (χ3v) is 3.88. The summed E-state index contributed by atoms with van der Waals surface area (Å²) >= 11 is 0. The lowest BCUT2D eigenvalue weighted by Crippen LogP contribution is -2.17. The summed E-state index contributed by atoms with van der Waals surface area (Å²) in [5, 5.41) is 3.53.